The van der Waals surface area contributed by atoms with Crippen molar-refractivity contribution in [1.29, 1.82) is 0 Å². The van der Waals surface area contributed by atoms with Gasteiger partial charge in [-0.1, -0.05) is 112 Å². The molecule has 5 N–H and O–H groups in total. The van der Waals surface area contributed by atoms with E-state index < -0.39 is 69.9 Å². The number of nitrogens with one attached hydrogen (secondary N) is 4. The number of aromatic nitrogens is 5. The number of hydrogen-bond acceptors (Lipinski definition) is 16. The van der Waals surface area contributed by atoms with Crippen LogP contribution in [0.2, 0.25) is 0 Å². The standard InChI is InChI=1S/C66H73N11O9S3/c1-39(44-21-23-46(24-22-44)59-40(2)67-38-87-59)69-62(81)54-31-47(78)34-76(54)64(83)60(66(4,5)6)72-57(79)37-86-36-43-19-25-48(26-20-43)89(84,85)74-63(82)58-49(51-32-68-77(41(51)3)33-42-13-8-7-9-14-42)27-28-56(71-58)75-30-29-45-15-12-16-50(52(45)35-75)61(80)73-65-70-53-17-10-11-18-55(53)88-65/h10-12,15-28,32,38-39,42,47,54,60,78H,7-9,13-14,29-31,33-37H2,1-6H3,(H,69,81)(H,72,79)(H,74,82)(H,70,73,80)/t39-,47+,54-,60+/m0/s1. The van der Waals surface area contributed by atoms with Gasteiger partial charge in [-0.3, -0.25) is 34.0 Å². The summed E-state index contributed by atoms with van der Waals surface area (Å²) in [5, 5.41) is 24.8. The van der Waals surface area contributed by atoms with E-state index in [1.165, 1.54) is 59.8 Å². The van der Waals surface area contributed by atoms with Gasteiger partial charge < -0.3 is 30.3 Å². The zero-order valence-electron chi connectivity index (χ0n) is 50.6. The number of pyridine rings is 1. The fourth-order valence-corrected chi connectivity index (χ4v) is 14.7. The van der Waals surface area contributed by atoms with Gasteiger partial charge in [-0.05, 0) is 122 Å². The summed E-state index contributed by atoms with van der Waals surface area (Å²) in [6.07, 6.45) is 7.14. The van der Waals surface area contributed by atoms with Crippen LogP contribution in [0.5, 0.6) is 0 Å². The quantitative estimate of drug-likeness (QED) is 0.0505. The van der Waals surface area contributed by atoms with Crippen LogP contribution < -0.4 is 25.6 Å². The van der Waals surface area contributed by atoms with Crippen molar-refractivity contribution in [2.75, 3.05) is 29.9 Å². The molecule has 8 aromatic rings. The van der Waals surface area contributed by atoms with E-state index in [1.54, 1.807) is 55.9 Å². The molecular weight excluding hydrogens is 1190 g/mol. The van der Waals surface area contributed by atoms with Crippen molar-refractivity contribution in [2.24, 2.45) is 11.3 Å². The Morgan fingerprint density at radius 2 is 1.62 bits per heavy atom. The van der Waals surface area contributed by atoms with Crippen molar-refractivity contribution in [2.45, 2.75) is 135 Å². The first-order chi connectivity index (χ1) is 42.7. The highest BCUT2D eigenvalue weighted by Crippen LogP contribution is 2.35. The van der Waals surface area contributed by atoms with Crippen molar-refractivity contribution in [3.8, 4) is 21.6 Å². The van der Waals surface area contributed by atoms with Gasteiger partial charge in [0.25, 0.3) is 21.8 Å². The molecule has 2 fully saturated rings. The normalized spacial score (nSPS) is 17.0. The average Bonchev–Trinajstić information content (AvgIpc) is 2.46. The van der Waals surface area contributed by atoms with Crippen LogP contribution in [0.4, 0.5) is 10.9 Å². The van der Waals surface area contributed by atoms with Gasteiger partial charge in [-0.2, -0.15) is 5.10 Å². The molecule has 20 nitrogen and oxygen atoms in total. The number of likely N-dealkylation sites (tertiary alicyclic amines) is 1. The number of rotatable bonds is 19. The summed E-state index contributed by atoms with van der Waals surface area (Å²) >= 11 is 2.95. The highest BCUT2D eigenvalue weighted by Gasteiger charge is 2.45. The second kappa shape index (κ2) is 26.5. The summed E-state index contributed by atoms with van der Waals surface area (Å²) in [7, 11) is -4.50. The van der Waals surface area contributed by atoms with E-state index >= 15 is 0 Å². The molecule has 11 rings (SSSR count). The molecule has 464 valence electrons. The summed E-state index contributed by atoms with van der Waals surface area (Å²) in [5.74, 6) is -1.91. The number of para-hydroxylation sites is 1. The van der Waals surface area contributed by atoms with Crippen LogP contribution in [0.15, 0.2) is 120 Å². The first-order valence-electron chi connectivity index (χ1n) is 30.1. The zero-order chi connectivity index (χ0) is 62.7. The monoisotopic (exact) mass is 1260 g/mol. The van der Waals surface area contributed by atoms with Crippen molar-refractivity contribution in [3.63, 3.8) is 0 Å². The minimum absolute atomic E-state index is 0.0297. The summed E-state index contributed by atoms with van der Waals surface area (Å²) < 4.78 is 39.3. The van der Waals surface area contributed by atoms with Crippen LogP contribution in [0.1, 0.15) is 127 Å². The SMILES string of the molecule is Cc1ncsc1-c1ccc([C@H](C)NC(=O)[C@@H]2C[C@@H](O)CN2C(=O)[C@@H](NC(=O)COCc2ccc(S(=O)(=O)NC(=O)c3nc(N4CCc5cccc(C(=O)Nc6nc7ccccc7s6)c5C4)ccc3-c3cnn(CC4CCCCC4)c3C)cc2)C(C)(C)C)cc1. The molecule has 3 aliphatic rings. The molecule has 23 heteroatoms. The number of thiazole rings is 2. The fraction of sp³-hybridized carbons (Fsp3) is 0.379. The maximum absolute atomic E-state index is 14.6. The molecule has 4 aromatic carbocycles. The number of ether oxygens (including phenoxy) is 1. The van der Waals surface area contributed by atoms with Gasteiger partial charge >= 0.3 is 0 Å². The van der Waals surface area contributed by atoms with E-state index in [1.807, 2.05) is 97.1 Å². The Kier molecular flexibility index (Phi) is 18.6. The van der Waals surface area contributed by atoms with E-state index in [9.17, 15) is 37.5 Å². The first-order valence-corrected chi connectivity index (χ1v) is 33.2. The summed E-state index contributed by atoms with van der Waals surface area (Å²) in [6.45, 7) is 12.0. The fourth-order valence-electron chi connectivity index (χ4n) is 12.1. The molecule has 5 amide bonds. The lowest BCUT2D eigenvalue weighted by Gasteiger charge is -2.35. The van der Waals surface area contributed by atoms with E-state index in [0.29, 0.717) is 58.6 Å². The van der Waals surface area contributed by atoms with E-state index in [2.05, 4.69) is 30.6 Å². The van der Waals surface area contributed by atoms with Crippen LogP contribution in [0.3, 0.4) is 0 Å². The average molecular weight is 1260 g/mol. The Hall–Kier alpha value is -8.22. The number of hydrogen-bond donors (Lipinski definition) is 5. The van der Waals surface area contributed by atoms with Gasteiger partial charge in [-0.15, -0.1) is 11.3 Å². The van der Waals surface area contributed by atoms with Crippen LogP contribution in [0, 0.1) is 25.2 Å². The Bertz CT molecular complexity index is 4020. The van der Waals surface area contributed by atoms with E-state index in [-0.39, 0.29) is 36.1 Å². The van der Waals surface area contributed by atoms with Crippen LogP contribution in [0.25, 0.3) is 31.8 Å². The molecule has 6 heterocycles. The zero-order valence-corrected chi connectivity index (χ0v) is 53.1. The predicted molar refractivity (Wildman–Crippen MR) is 343 cm³/mol. The highest BCUT2D eigenvalue weighted by atomic mass is 32.2. The Morgan fingerprint density at radius 3 is 2.35 bits per heavy atom. The minimum atomic E-state index is -4.50. The predicted octanol–water partition coefficient (Wildman–Crippen LogP) is 9.70. The lowest BCUT2D eigenvalue weighted by molar-refractivity contribution is -0.144. The number of carbonyl (C=O) groups is 5. The van der Waals surface area contributed by atoms with Gasteiger partial charge in [-0.25, -0.2) is 28.1 Å². The largest absolute Gasteiger partial charge is 0.391 e. The molecule has 1 aliphatic carbocycles. The number of β-amino-alcohol motifs (C(OH)–C–C–N with tert-alkyl or cyclic N) is 1. The van der Waals surface area contributed by atoms with Crippen molar-refractivity contribution in [3.05, 3.63) is 160 Å². The lowest BCUT2D eigenvalue weighted by Crippen LogP contribution is -2.58. The molecular formula is C66H73N11O9S3. The molecule has 0 bridgehead atoms. The number of aliphatic hydroxyl groups excluding tert-OH is 1. The third-order valence-corrected chi connectivity index (χ3v) is 20.3. The number of anilines is 2. The Balaban J connectivity index is 0.741. The van der Waals surface area contributed by atoms with Crippen LogP contribution >= 0.6 is 22.7 Å². The topological polar surface area (TPSA) is 260 Å². The number of carbonyl (C=O) groups excluding carboxylic acids is 5. The molecule has 1 saturated carbocycles. The van der Waals surface area contributed by atoms with Crippen LogP contribution in [-0.4, -0.2) is 111 Å². The maximum Gasteiger partial charge on any atom is 0.284 e. The lowest BCUT2D eigenvalue weighted by atomic mass is 9.85. The number of nitrogens with zero attached hydrogens (tertiary/aromatic N) is 7. The maximum atomic E-state index is 14.6. The Labute approximate surface area is 525 Å². The van der Waals surface area contributed by atoms with Gasteiger partial charge in [0.2, 0.25) is 17.7 Å². The van der Waals surface area contributed by atoms with Crippen molar-refractivity contribution in [1.82, 2.24) is 45.0 Å². The molecule has 0 spiro atoms. The molecule has 0 radical (unpaired) electrons. The molecule has 89 heavy (non-hydrogen) atoms. The van der Waals surface area contributed by atoms with Gasteiger partial charge in [0.15, 0.2) is 5.13 Å². The Morgan fingerprint density at radius 1 is 0.854 bits per heavy atom. The first kappa shape index (κ1) is 62.4. The highest BCUT2D eigenvalue weighted by molar-refractivity contribution is 7.90. The number of aryl methyl sites for hydroxylation is 1. The molecule has 2 aliphatic heterocycles. The summed E-state index contributed by atoms with van der Waals surface area (Å²) in [6, 6.07) is 28.0. The second-order valence-corrected chi connectivity index (χ2v) is 28.0. The van der Waals surface area contributed by atoms with Gasteiger partial charge in [0.05, 0.1) is 56.1 Å². The third kappa shape index (κ3) is 14.1. The van der Waals surface area contributed by atoms with Crippen molar-refractivity contribution >= 4 is 83.4 Å². The smallest absolute Gasteiger partial charge is 0.284 e. The molecule has 4 aromatic heterocycles. The van der Waals surface area contributed by atoms with Crippen LogP contribution in [-0.2, 0) is 55.3 Å². The molecule has 1 saturated heterocycles. The molecule has 4 atom stereocenters. The van der Waals surface area contributed by atoms with Gasteiger partial charge in [0.1, 0.15) is 30.2 Å². The second-order valence-electron chi connectivity index (χ2n) is 24.4. The number of benzene rings is 4. The van der Waals surface area contributed by atoms with Crippen molar-refractivity contribution < 1.29 is 42.2 Å². The summed E-state index contributed by atoms with van der Waals surface area (Å²) in [4.78, 5) is 88.3. The van der Waals surface area contributed by atoms with E-state index in [0.717, 1.165) is 68.1 Å². The molecule has 0 unspecified atom stereocenters. The summed E-state index contributed by atoms with van der Waals surface area (Å²) in [5.41, 5.74) is 9.16. The minimum Gasteiger partial charge on any atom is -0.391 e. The van der Waals surface area contributed by atoms with Gasteiger partial charge in [0, 0.05) is 55.0 Å². The van der Waals surface area contributed by atoms with E-state index in [4.69, 9.17) is 14.8 Å². The number of amides is 5. The third-order valence-electron chi connectivity index (χ3n) is 17.0. The number of sulfonamides is 1. The number of aliphatic hydroxyl groups is 1. The number of fused-ring (bicyclic) bond motifs is 2.